The van der Waals surface area contributed by atoms with Crippen LogP contribution in [-0.2, 0) is 11.3 Å². The maximum absolute atomic E-state index is 5.84. The van der Waals surface area contributed by atoms with E-state index in [9.17, 15) is 0 Å². The molecule has 3 nitrogen and oxygen atoms in total. The molecular weight excluding hydrogens is 260 g/mol. The molecule has 3 rings (SSSR count). The molecule has 1 aliphatic rings. The van der Waals surface area contributed by atoms with Gasteiger partial charge in [0.25, 0.3) is 0 Å². The lowest BCUT2D eigenvalue weighted by Gasteiger charge is -2.11. The van der Waals surface area contributed by atoms with E-state index in [2.05, 4.69) is 34.6 Å². The molecule has 1 aromatic heterocycles. The van der Waals surface area contributed by atoms with Crippen LogP contribution in [0.4, 0.5) is 0 Å². The zero-order valence-corrected chi connectivity index (χ0v) is 11.6. The molecule has 2 aromatic rings. The highest BCUT2D eigenvalue weighted by atomic mass is 35.5. The number of likely N-dealkylation sites (N-methyl/N-ethyl adjacent to an activating group) is 1. The third kappa shape index (κ3) is 2.63. The van der Waals surface area contributed by atoms with Crippen molar-refractivity contribution in [2.24, 2.45) is 0 Å². The predicted molar refractivity (Wildman–Crippen MR) is 78.4 cm³/mol. The van der Waals surface area contributed by atoms with Gasteiger partial charge in [-0.3, -0.25) is 4.98 Å². The first-order chi connectivity index (χ1) is 8.90. The fourth-order valence-corrected chi connectivity index (χ4v) is 2.49. The third-order valence-corrected chi connectivity index (χ3v) is 3.35. The van der Waals surface area contributed by atoms with Crippen LogP contribution in [0.1, 0.15) is 17.2 Å². The molecule has 0 unspecified atom stereocenters. The second-order valence-electron chi connectivity index (χ2n) is 4.47. The van der Waals surface area contributed by atoms with Gasteiger partial charge in [-0.25, -0.2) is 0 Å². The van der Waals surface area contributed by atoms with Crippen LogP contribution in [0.15, 0.2) is 42.7 Å². The molecule has 19 heavy (non-hydrogen) atoms. The Morgan fingerprint density at radius 1 is 1.32 bits per heavy atom. The molecule has 2 heterocycles. The third-order valence-electron chi connectivity index (χ3n) is 3.35. The van der Waals surface area contributed by atoms with E-state index >= 15 is 0 Å². The molecule has 100 valence electrons. The van der Waals surface area contributed by atoms with Crippen molar-refractivity contribution in [3.8, 4) is 11.1 Å². The number of pyridine rings is 1. The molecule has 1 N–H and O–H groups in total. The van der Waals surface area contributed by atoms with Crippen molar-refractivity contribution in [2.75, 3.05) is 13.6 Å². The largest absolute Gasteiger partial charge is 0.367 e. The lowest BCUT2D eigenvalue weighted by Crippen LogP contribution is -2.16. The highest BCUT2D eigenvalue weighted by Gasteiger charge is 2.24. The van der Waals surface area contributed by atoms with Gasteiger partial charge in [0.05, 0.1) is 12.7 Å². The maximum Gasteiger partial charge on any atom is 0.0957 e. The van der Waals surface area contributed by atoms with Crippen molar-refractivity contribution in [3.05, 3.63) is 53.9 Å². The van der Waals surface area contributed by atoms with E-state index in [4.69, 9.17) is 4.74 Å². The number of nitrogens with one attached hydrogen (secondary N) is 1. The van der Waals surface area contributed by atoms with Gasteiger partial charge in [0, 0.05) is 24.5 Å². The Bertz CT molecular complexity index is 545. The van der Waals surface area contributed by atoms with Gasteiger partial charge in [-0.05, 0) is 29.8 Å². The second kappa shape index (κ2) is 6.15. The van der Waals surface area contributed by atoms with E-state index in [0.717, 1.165) is 12.1 Å². The predicted octanol–water partition coefficient (Wildman–Crippen LogP) is 2.96. The van der Waals surface area contributed by atoms with Gasteiger partial charge in [-0.15, -0.1) is 12.4 Å². The summed E-state index contributed by atoms with van der Waals surface area (Å²) in [6.45, 7) is 1.54. The lowest BCUT2D eigenvalue weighted by atomic mass is 9.96. The van der Waals surface area contributed by atoms with E-state index in [1.807, 2.05) is 19.3 Å². The fraction of sp³-hybridized carbons (Fsp3) is 0.267. The Balaban J connectivity index is 0.00000133. The summed E-state index contributed by atoms with van der Waals surface area (Å²) in [5.41, 5.74) is 4.98. The summed E-state index contributed by atoms with van der Waals surface area (Å²) >= 11 is 0. The van der Waals surface area contributed by atoms with Gasteiger partial charge in [-0.2, -0.15) is 0 Å². The van der Waals surface area contributed by atoms with Crippen LogP contribution in [0.5, 0.6) is 0 Å². The summed E-state index contributed by atoms with van der Waals surface area (Å²) in [6, 6.07) is 10.5. The molecule has 0 spiro atoms. The highest BCUT2D eigenvalue weighted by Crippen LogP contribution is 2.36. The van der Waals surface area contributed by atoms with Crippen molar-refractivity contribution in [1.29, 1.82) is 0 Å². The molecule has 1 atom stereocenters. The maximum atomic E-state index is 5.84. The minimum atomic E-state index is 0. The molecule has 0 amide bonds. The number of halogens is 1. The number of nitrogens with zero attached hydrogens (tertiary/aromatic N) is 1. The van der Waals surface area contributed by atoms with Crippen LogP contribution >= 0.6 is 12.4 Å². The van der Waals surface area contributed by atoms with Crippen LogP contribution in [0.3, 0.4) is 0 Å². The summed E-state index contributed by atoms with van der Waals surface area (Å²) in [6.07, 6.45) is 3.87. The zero-order valence-electron chi connectivity index (χ0n) is 10.8. The smallest absolute Gasteiger partial charge is 0.0957 e. The summed E-state index contributed by atoms with van der Waals surface area (Å²) in [5.74, 6) is 0. The number of hydrogen-bond donors (Lipinski definition) is 1. The number of aromatic nitrogens is 1. The van der Waals surface area contributed by atoms with E-state index in [-0.39, 0.29) is 18.5 Å². The van der Waals surface area contributed by atoms with Crippen LogP contribution in [0, 0.1) is 0 Å². The number of rotatable bonds is 3. The van der Waals surface area contributed by atoms with Gasteiger partial charge in [0.1, 0.15) is 0 Å². The Morgan fingerprint density at radius 3 is 2.95 bits per heavy atom. The Morgan fingerprint density at radius 2 is 2.21 bits per heavy atom. The van der Waals surface area contributed by atoms with Crippen LogP contribution < -0.4 is 5.32 Å². The monoisotopic (exact) mass is 276 g/mol. The molecule has 0 radical (unpaired) electrons. The van der Waals surface area contributed by atoms with E-state index in [1.165, 1.54) is 16.7 Å². The number of benzene rings is 1. The minimum Gasteiger partial charge on any atom is -0.367 e. The molecule has 0 fully saturated rings. The summed E-state index contributed by atoms with van der Waals surface area (Å²) in [4.78, 5) is 4.19. The van der Waals surface area contributed by atoms with Gasteiger partial charge in [-0.1, -0.05) is 24.3 Å². The lowest BCUT2D eigenvalue weighted by molar-refractivity contribution is 0.0675. The number of fused-ring (bicyclic) bond motifs is 1. The van der Waals surface area contributed by atoms with E-state index in [0.29, 0.717) is 6.61 Å². The Hall–Kier alpha value is -1.42. The summed E-state index contributed by atoms with van der Waals surface area (Å²) in [5, 5.41) is 3.17. The Labute approximate surface area is 119 Å². The van der Waals surface area contributed by atoms with Crippen LogP contribution in [0.2, 0.25) is 0 Å². The second-order valence-corrected chi connectivity index (χ2v) is 4.47. The molecule has 1 aromatic carbocycles. The van der Waals surface area contributed by atoms with E-state index in [1.54, 1.807) is 6.20 Å². The first-order valence-electron chi connectivity index (χ1n) is 6.18. The van der Waals surface area contributed by atoms with Crippen molar-refractivity contribution < 1.29 is 4.74 Å². The van der Waals surface area contributed by atoms with Crippen molar-refractivity contribution >= 4 is 12.4 Å². The van der Waals surface area contributed by atoms with Gasteiger partial charge >= 0.3 is 0 Å². The van der Waals surface area contributed by atoms with Crippen molar-refractivity contribution in [1.82, 2.24) is 10.3 Å². The first-order valence-corrected chi connectivity index (χ1v) is 6.18. The first kappa shape index (κ1) is 14.0. The summed E-state index contributed by atoms with van der Waals surface area (Å²) in [7, 11) is 1.95. The topological polar surface area (TPSA) is 34.1 Å². The van der Waals surface area contributed by atoms with Crippen LogP contribution in [-0.4, -0.2) is 18.6 Å². The molecule has 0 aliphatic carbocycles. The SMILES string of the molecule is CNC[C@@H]1OCc2c(-c3cccnc3)cccc21.Cl. The number of ether oxygens (including phenoxy) is 1. The minimum absolute atomic E-state index is 0. The van der Waals surface area contributed by atoms with Crippen molar-refractivity contribution in [3.63, 3.8) is 0 Å². The average molecular weight is 277 g/mol. The molecule has 0 saturated heterocycles. The van der Waals surface area contributed by atoms with Gasteiger partial charge < -0.3 is 10.1 Å². The molecule has 1 aliphatic heterocycles. The Kier molecular flexibility index (Phi) is 4.53. The van der Waals surface area contributed by atoms with E-state index < -0.39 is 0 Å². The molecule has 0 saturated carbocycles. The standard InChI is InChI=1S/C15H16N2O.ClH/c1-16-9-15-13-6-2-5-12(14(13)10-18-15)11-4-3-7-17-8-11;/h2-8,15-16H,9-10H2,1H3;1H/t15-;/m0./s1. The van der Waals surface area contributed by atoms with Crippen molar-refractivity contribution in [2.45, 2.75) is 12.7 Å². The van der Waals surface area contributed by atoms with Crippen LogP contribution in [0.25, 0.3) is 11.1 Å². The van der Waals surface area contributed by atoms with Gasteiger partial charge in [0.15, 0.2) is 0 Å². The number of hydrogen-bond acceptors (Lipinski definition) is 3. The van der Waals surface area contributed by atoms with Gasteiger partial charge in [0.2, 0.25) is 0 Å². The fourth-order valence-electron chi connectivity index (χ4n) is 2.49. The quantitative estimate of drug-likeness (QED) is 0.936. The molecule has 4 heteroatoms. The molecule has 0 bridgehead atoms. The normalized spacial score (nSPS) is 16.8. The average Bonchev–Trinajstić information content (AvgIpc) is 2.84. The molecular formula is C15H17ClN2O. The summed E-state index contributed by atoms with van der Waals surface area (Å²) < 4.78 is 5.84. The zero-order chi connectivity index (χ0) is 12.4. The highest BCUT2D eigenvalue weighted by molar-refractivity contribution is 5.85.